The molecule has 1 aliphatic rings. The second-order valence-electron chi connectivity index (χ2n) is 4.39. The molecule has 0 radical (unpaired) electrons. The summed E-state index contributed by atoms with van der Waals surface area (Å²) in [4.78, 5) is 18.3. The largest absolute Gasteiger partial charge is 0.496 e. The summed E-state index contributed by atoms with van der Waals surface area (Å²) >= 11 is 0. The highest BCUT2D eigenvalue weighted by molar-refractivity contribution is 5.92. The molecular weight excluding hydrogens is 216 g/mol. The van der Waals surface area contributed by atoms with Crippen LogP contribution in [-0.2, 0) is 0 Å². The van der Waals surface area contributed by atoms with Gasteiger partial charge in [0.1, 0.15) is 11.4 Å². The lowest BCUT2D eigenvalue weighted by Crippen LogP contribution is -2.36. The molecule has 1 aliphatic heterocycles. The maximum Gasteiger partial charge on any atom is 0.272 e. The van der Waals surface area contributed by atoms with Gasteiger partial charge in [0.2, 0.25) is 0 Å². The van der Waals surface area contributed by atoms with E-state index in [4.69, 9.17) is 4.74 Å². The quantitative estimate of drug-likeness (QED) is 0.786. The van der Waals surface area contributed by atoms with E-state index in [-0.39, 0.29) is 5.91 Å². The van der Waals surface area contributed by atoms with Gasteiger partial charge in [-0.1, -0.05) is 0 Å². The number of rotatable bonds is 2. The van der Waals surface area contributed by atoms with Crippen molar-refractivity contribution in [3.05, 3.63) is 23.5 Å². The highest BCUT2D eigenvalue weighted by Crippen LogP contribution is 2.19. The number of hydrogen-bond donors (Lipinski definition) is 0. The molecule has 1 amide bonds. The lowest BCUT2D eigenvalue weighted by atomic mass is 10.1. The van der Waals surface area contributed by atoms with Gasteiger partial charge in [0.25, 0.3) is 5.91 Å². The van der Waals surface area contributed by atoms with Gasteiger partial charge in [0, 0.05) is 30.9 Å². The highest BCUT2D eigenvalue weighted by atomic mass is 16.5. The molecule has 0 spiro atoms. The van der Waals surface area contributed by atoms with Crippen molar-refractivity contribution in [2.75, 3.05) is 20.2 Å². The molecule has 0 atom stereocenters. The molecule has 0 saturated carbocycles. The lowest BCUT2D eigenvalue weighted by Gasteiger charge is -2.26. The Morgan fingerprint density at radius 1 is 1.35 bits per heavy atom. The number of aryl methyl sites for hydroxylation is 1. The van der Waals surface area contributed by atoms with E-state index < -0.39 is 0 Å². The molecule has 0 aliphatic carbocycles. The van der Waals surface area contributed by atoms with Crippen molar-refractivity contribution in [1.82, 2.24) is 9.88 Å². The number of nitrogens with zero attached hydrogens (tertiary/aromatic N) is 2. The summed E-state index contributed by atoms with van der Waals surface area (Å²) in [5.41, 5.74) is 1.43. The molecule has 2 rings (SSSR count). The fraction of sp³-hybridized carbons (Fsp3) is 0.538. The van der Waals surface area contributed by atoms with Crippen LogP contribution >= 0.6 is 0 Å². The van der Waals surface area contributed by atoms with Gasteiger partial charge in [-0.25, -0.2) is 0 Å². The summed E-state index contributed by atoms with van der Waals surface area (Å²) in [6, 6.07) is 1.73. The first kappa shape index (κ1) is 11.9. The zero-order chi connectivity index (χ0) is 12.3. The number of methoxy groups -OCH3 is 1. The smallest absolute Gasteiger partial charge is 0.272 e. The summed E-state index contributed by atoms with van der Waals surface area (Å²) < 4.78 is 5.21. The summed E-state index contributed by atoms with van der Waals surface area (Å²) in [5.74, 6) is 0.739. The van der Waals surface area contributed by atoms with Gasteiger partial charge in [-0.2, -0.15) is 0 Å². The van der Waals surface area contributed by atoms with Crippen LogP contribution in [0, 0.1) is 6.92 Å². The van der Waals surface area contributed by atoms with Crippen molar-refractivity contribution >= 4 is 5.91 Å². The van der Waals surface area contributed by atoms with Gasteiger partial charge < -0.3 is 9.64 Å². The van der Waals surface area contributed by atoms with Crippen LogP contribution < -0.4 is 4.74 Å². The van der Waals surface area contributed by atoms with Gasteiger partial charge >= 0.3 is 0 Å². The molecule has 1 fully saturated rings. The predicted octanol–water partition coefficient (Wildman–Crippen LogP) is 2.02. The Bertz CT molecular complexity index is 412. The highest BCUT2D eigenvalue weighted by Gasteiger charge is 2.19. The maximum atomic E-state index is 12.2. The molecule has 0 aromatic carbocycles. The second kappa shape index (κ2) is 5.17. The molecule has 0 bridgehead atoms. The van der Waals surface area contributed by atoms with Crippen LogP contribution in [0.3, 0.4) is 0 Å². The van der Waals surface area contributed by atoms with Crippen LogP contribution in [0.1, 0.15) is 35.3 Å². The van der Waals surface area contributed by atoms with Gasteiger partial charge in [0.15, 0.2) is 0 Å². The van der Waals surface area contributed by atoms with E-state index in [0.29, 0.717) is 5.69 Å². The molecule has 1 aromatic heterocycles. The number of ether oxygens (including phenoxy) is 1. The molecule has 4 nitrogen and oxygen atoms in total. The van der Waals surface area contributed by atoms with E-state index in [2.05, 4.69) is 4.98 Å². The van der Waals surface area contributed by atoms with Gasteiger partial charge in [-0.3, -0.25) is 9.78 Å². The monoisotopic (exact) mass is 234 g/mol. The average Bonchev–Trinajstić information content (AvgIpc) is 2.39. The van der Waals surface area contributed by atoms with E-state index in [1.54, 1.807) is 19.4 Å². The minimum atomic E-state index is 0.0167. The number of likely N-dealkylation sites (tertiary alicyclic amines) is 1. The molecular formula is C13H18N2O2. The zero-order valence-electron chi connectivity index (χ0n) is 10.4. The first-order valence-electron chi connectivity index (χ1n) is 6.02. The summed E-state index contributed by atoms with van der Waals surface area (Å²) in [6.45, 7) is 3.61. The van der Waals surface area contributed by atoms with Crippen molar-refractivity contribution in [3.63, 3.8) is 0 Å². The number of piperidine rings is 1. The van der Waals surface area contributed by atoms with E-state index in [0.717, 1.165) is 37.2 Å². The molecule has 1 aromatic rings. The molecule has 0 N–H and O–H groups in total. The Balaban J connectivity index is 2.18. The minimum Gasteiger partial charge on any atom is -0.496 e. The average molecular weight is 234 g/mol. The third-order valence-corrected chi connectivity index (χ3v) is 3.14. The van der Waals surface area contributed by atoms with Crippen molar-refractivity contribution < 1.29 is 9.53 Å². The molecule has 2 heterocycles. The minimum absolute atomic E-state index is 0.0167. The maximum absolute atomic E-state index is 12.2. The third kappa shape index (κ3) is 2.57. The summed E-state index contributed by atoms with van der Waals surface area (Å²) in [7, 11) is 1.61. The SMILES string of the molecule is COc1cc(C(=O)N2CCCCC2)ncc1C. The van der Waals surface area contributed by atoms with Crippen LogP contribution in [0.15, 0.2) is 12.3 Å². The molecule has 0 unspecified atom stereocenters. The number of aromatic nitrogens is 1. The fourth-order valence-electron chi connectivity index (χ4n) is 2.10. The number of carbonyl (C=O) groups is 1. The molecule has 17 heavy (non-hydrogen) atoms. The summed E-state index contributed by atoms with van der Waals surface area (Å²) in [5, 5.41) is 0. The van der Waals surface area contributed by atoms with Crippen molar-refractivity contribution in [2.45, 2.75) is 26.2 Å². The second-order valence-corrected chi connectivity index (χ2v) is 4.39. The van der Waals surface area contributed by atoms with Crippen LogP contribution in [0.25, 0.3) is 0 Å². The van der Waals surface area contributed by atoms with E-state index >= 15 is 0 Å². The van der Waals surface area contributed by atoms with Crippen molar-refractivity contribution in [1.29, 1.82) is 0 Å². The fourth-order valence-corrected chi connectivity index (χ4v) is 2.10. The molecule has 92 valence electrons. The molecule has 4 heteroatoms. The van der Waals surface area contributed by atoms with Crippen molar-refractivity contribution in [3.8, 4) is 5.75 Å². The predicted molar refractivity (Wildman–Crippen MR) is 65.3 cm³/mol. The van der Waals surface area contributed by atoms with E-state index in [9.17, 15) is 4.79 Å². The Hall–Kier alpha value is -1.58. The number of amides is 1. The Morgan fingerprint density at radius 3 is 2.71 bits per heavy atom. The third-order valence-electron chi connectivity index (χ3n) is 3.14. The topological polar surface area (TPSA) is 42.4 Å². The van der Waals surface area contributed by atoms with Gasteiger partial charge in [-0.05, 0) is 26.2 Å². The van der Waals surface area contributed by atoms with Crippen LogP contribution in [0.5, 0.6) is 5.75 Å². The normalized spacial score (nSPS) is 15.8. The Morgan fingerprint density at radius 2 is 2.06 bits per heavy atom. The van der Waals surface area contributed by atoms with Crippen LogP contribution in [-0.4, -0.2) is 36.0 Å². The Kier molecular flexibility index (Phi) is 3.61. The number of pyridine rings is 1. The zero-order valence-corrected chi connectivity index (χ0v) is 10.4. The van der Waals surface area contributed by atoms with E-state index in [1.807, 2.05) is 11.8 Å². The molecule has 1 saturated heterocycles. The Labute approximate surface area is 102 Å². The number of hydrogen-bond acceptors (Lipinski definition) is 3. The van der Waals surface area contributed by atoms with Gasteiger partial charge in [0.05, 0.1) is 7.11 Å². The first-order valence-corrected chi connectivity index (χ1v) is 6.02. The van der Waals surface area contributed by atoms with Crippen LogP contribution in [0.4, 0.5) is 0 Å². The van der Waals surface area contributed by atoms with E-state index in [1.165, 1.54) is 6.42 Å². The first-order chi connectivity index (χ1) is 8.22. The van der Waals surface area contributed by atoms with Crippen molar-refractivity contribution in [2.24, 2.45) is 0 Å². The number of carbonyl (C=O) groups excluding carboxylic acids is 1. The summed E-state index contributed by atoms with van der Waals surface area (Å²) in [6.07, 6.45) is 5.09. The standard InChI is InChI=1S/C13H18N2O2/c1-10-9-14-11(8-12(10)17-2)13(16)15-6-4-3-5-7-15/h8-9H,3-7H2,1-2H3. The van der Waals surface area contributed by atoms with Crippen LogP contribution in [0.2, 0.25) is 0 Å². The lowest BCUT2D eigenvalue weighted by molar-refractivity contribution is 0.0718. The van der Waals surface area contributed by atoms with Gasteiger partial charge in [-0.15, -0.1) is 0 Å².